The van der Waals surface area contributed by atoms with Crippen molar-refractivity contribution in [2.75, 3.05) is 19.7 Å². The predicted molar refractivity (Wildman–Crippen MR) is 106 cm³/mol. The third kappa shape index (κ3) is 4.51. The number of amides is 1. The highest BCUT2D eigenvalue weighted by molar-refractivity contribution is 5.78. The van der Waals surface area contributed by atoms with E-state index < -0.39 is 0 Å². The molecule has 3 heterocycles. The fraction of sp³-hybridized carbons (Fsp3) is 0.364. The Morgan fingerprint density at radius 3 is 2.79 bits per heavy atom. The first-order valence-corrected chi connectivity index (χ1v) is 9.78. The quantitative estimate of drug-likeness (QED) is 0.664. The number of carbonyl (C=O) groups excluding carboxylic acids is 1. The smallest absolute Gasteiger partial charge is 0.228 e. The standard InChI is InChI=1S/C22H24N4O3/c1-15-6-3-4-7-17(15)12-18-8-5-9-19(23-18)21-14-26(10-11-28-21)22(27)13-20-16(2)24-29-25-20/h3-9,21H,10-14H2,1-2H3/t21-/m0/s1. The van der Waals surface area contributed by atoms with Crippen LogP contribution in [0.15, 0.2) is 47.1 Å². The normalized spacial score (nSPS) is 16.8. The Bertz CT molecular complexity index is 1000. The fourth-order valence-electron chi connectivity index (χ4n) is 3.50. The number of rotatable bonds is 5. The minimum Gasteiger partial charge on any atom is -0.368 e. The van der Waals surface area contributed by atoms with Crippen LogP contribution in [0.1, 0.15) is 40.0 Å². The molecule has 1 saturated heterocycles. The van der Waals surface area contributed by atoms with E-state index in [0.29, 0.717) is 31.1 Å². The summed E-state index contributed by atoms with van der Waals surface area (Å²) in [4.78, 5) is 19.3. The number of aryl methyl sites for hydroxylation is 2. The number of hydrogen-bond donors (Lipinski definition) is 0. The van der Waals surface area contributed by atoms with Crippen molar-refractivity contribution in [1.29, 1.82) is 0 Å². The van der Waals surface area contributed by atoms with E-state index >= 15 is 0 Å². The van der Waals surface area contributed by atoms with Gasteiger partial charge in [-0.1, -0.05) is 40.6 Å². The first-order valence-electron chi connectivity index (χ1n) is 9.78. The molecule has 4 rings (SSSR count). The van der Waals surface area contributed by atoms with Gasteiger partial charge in [-0.15, -0.1) is 0 Å². The maximum Gasteiger partial charge on any atom is 0.228 e. The van der Waals surface area contributed by atoms with Crippen LogP contribution in [-0.2, 0) is 22.4 Å². The summed E-state index contributed by atoms with van der Waals surface area (Å²) in [5.41, 5.74) is 5.59. The Labute approximate surface area is 169 Å². The molecular weight excluding hydrogens is 368 g/mol. The zero-order valence-electron chi connectivity index (χ0n) is 16.7. The summed E-state index contributed by atoms with van der Waals surface area (Å²) in [6.07, 6.45) is 0.720. The van der Waals surface area contributed by atoms with E-state index in [9.17, 15) is 4.79 Å². The molecule has 1 aromatic carbocycles. The second-order valence-electron chi connectivity index (χ2n) is 7.33. The molecule has 2 aromatic heterocycles. The molecule has 29 heavy (non-hydrogen) atoms. The highest BCUT2D eigenvalue weighted by Gasteiger charge is 2.27. The van der Waals surface area contributed by atoms with Crippen molar-refractivity contribution in [1.82, 2.24) is 20.2 Å². The first-order chi connectivity index (χ1) is 14.1. The Morgan fingerprint density at radius 1 is 1.14 bits per heavy atom. The molecule has 0 N–H and O–H groups in total. The summed E-state index contributed by atoms with van der Waals surface area (Å²) >= 11 is 0. The number of morpholine rings is 1. The van der Waals surface area contributed by atoms with Gasteiger partial charge in [0.05, 0.1) is 25.3 Å². The summed E-state index contributed by atoms with van der Waals surface area (Å²) in [5.74, 6) is -0.00633. The molecule has 1 atom stereocenters. The van der Waals surface area contributed by atoms with E-state index in [2.05, 4.69) is 34.0 Å². The van der Waals surface area contributed by atoms with Crippen LogP contribution in [0.25, 0.3) is 0 Å². The molecule has 1 aliphatic heterocycles. The van der Waals surface area contributed by atoms with Crippen molar-refractivity contribution in [3.63, 3.8) is 0 Å². The van der Waals surface area contributed by atoms with Crippen molar-refractivity contribution in [3.05, 3.63) is 76.4 Å². The molecule has 0 spiro atoms. The lowest BCUT2D eigenvalue weighted by atomic mass is 10.0. The van der Waals surface area contributed by atoms with Crippen LogP contribution in [-0.4, -0.2) is 45.8 Å². The van der Waals surface area contributed by atoms with Crippen molar-refractivity contribution < 1.29 is 14.2 Å². The molecule has 0 aliphatic carbocycles. The zero-order chi connectivity index (χ0) is 20.2. The van der Waals surface area contributed by atoms with Gasteiger partial charge in [0.2, 0.25) is 5.91 Å². The third-order valence-electron chi connectivity index (χ3n) is 5.28. The minimum absolute atomic E-state index is 0.00633. The average molecular weight is 392 g/mol. The van der Waals surface area contributed by atoms with Crippen LogP contribution >= 0.6 is 0 Å². The Morgan fingerprint density at radius 2 is 2.00 bits per heavy atom. The lowest BCUT2D eigenvalue weighted by molar-refractivity contribution is -0.138. The van der Waals surface area contributed by atoms with Crippen LogP contribution in [0.3, 0.4) is 0 Å². The van der Waals surface area contributed by atoms with Gasteiger partial charge in [0.1, 0.15) is 17.5 Å². The van der Waals surface area contributed by atoms with Crippen molar-refractivity contribution >= 4 is 5.91 Å². The van der Waals surface area contributed by atoms with Gasteiger partial charge in [-0.2, -0.15) is 0 Å². The maximum atomic E-state index is 12.7. The highest BCUT2D eigenvalue weighted by atomic mass is 16.6. The highest BCUT2D eigenvalue weighted by Crippen LogP contribution is 2.22. The van der Waals surface area contributed by atoms with Gasteiger partial charge in [0, 0.05) is 18.7 Å². The second kappa shape index (κ2) is 8.53. The predicted octanol–water partition coefficient (Wildman–Crippen LogP) is 2.81. The van der Waals surface area contributed by atoms with Gasteiger partial charge in [-0.25, -0.2) is 4.63 Å². The van der Waals surface area contributed by atoms with E-state index in [-0.39, 0.29) is 18.4 Å². The van der Waals surface area contributed by atoms with E-state index in [1.165, 1.54) is 11.1 Å². The second-order valence-corrected chi connectivity index (χ2v) is 7.33. The molecule has 1 amide bonds. The van der Waals surface area contributed by atoms with Crippen molar-refractivity contribution in [2.45, 2.75) is 32.8 Å². The zero-order valence-corrected chi connectivity index (χ0v) is 16.7. The molecule has 0 saturated carbocycles. The van der Waals surface area contributed by atoms with Gasteiger partial charge < -0.3 is 9.64 Å². The molecule has 150 valence electrons. The van der Waals surface area contributed by atoms with Gasteiger partial charge in [0.25, 0.3) is 0 Å². The molecule has 1 aliphatic rings. The molecule has 0 bridgehead atoms. The van der Waals surface area contributed by atoms with E-state index in [1.54, 1.807) is 11.8 Å². The van der Waals surface area contributed by atoms with Gasteiger partial charge >= 0.3 is 0 Å². The number of carbonyl (C=O) groups is 1. The number of hydrogen-bond acceptors (Lipinski definition) is 6. The van der Waals surface area contributed by atoms with Crippen LogP contribution in [0, 0.1) is 13.8 Å². The molecule has 7 heteroatoms. The van der Waals surface area contributed by atoms with E-state index in [1.807, 2.05) is 30.3 Å². The SMILES string of the molecule is Cc1ccccc1Cc1cccc([C@@H]2CN(C(=O)Cc3nonc3C)CCO2)n1. The number of pyridine rings is 1. The van der Waals surface area contributed by atoms with Crippen molar-refractivity contribution in [3.8, 4) is 0 Å². The number of benzene rings is 1. The number of aromatic nitrogens is 3. The molecule has 0 unspecified atom stereocenters. The fourth-order valence-corrected chi connectivity index (χ4v) is 3.50. The molecule has 0 radical (unpaired) electrons. The topological polar surface area (TPSA) is 81.4 Å². The van der Waals surface area contributed by atoms with Crippen LogP contribution < -0.4 is 0 Å². The summed E-state index contributed by atoms with van der Waals surface area (Å²) in [5, 5.41) is 7.55. The third-order valence-corrected chi connectivity index (χ3v) is 5.28. The summed E-state index contributed by atoms with van der Waals surface area (Å²) in [6, 6.07) is 14.3. The van der Waals surface area contributed by atoms with E-state index in [4.69, 9.17) is 9.72 Å². The van der Waals surface area contributed by atoms with Crippen LogP contribution in [0.5, 0.6) is 0 Å². The Hall–Kier alpha value is -3.06. The minimum atomic E-state index is -0.235. The lowest BCUT2D eigenvalue weighted by Crippen LogP contribution is -2.43. The van der Waals surface area contributed by atoms with Gasteiger partial charge in [-0.05, 0) is 37.1 Å². The van der Waals surface area contributed by atoms with Gasteiger partial charge in [0.15, 0.2) is 0 Å². The maximum absolute atomic E-state index is 12.7. The average Bonchev–Trinajstić information content (AvgIpc) is 3.14. The molecular formula is C22H24N4O3. The van der Waals surface area contributed by atoms with Crippen LogP contribution in [0.2, 0.25) is 0 Å². The molecule has 1 fully saturated rings. The summed E-state index contributed by atoms with van der Waals surface area (Å²) in [7, 11) is 0. The summed E-state index contributed by atoms with van der Waals surface area (Å²) in [6.45, 7) is 5.41. The van der Waals surface area contributed by atoms with Crippen LogP contribution in [0.4, 0.5) is 0 Å². The van der Waals surface area contributed by atoms with E-state index in [0.717, 1.165) is 17.8 Å². The number of ether oxygens (including phenoxy) is 1. The Kier molecular flexibility index (Phi) is 5.67. The first kappa shape index (κ1) is 19.3. The summed E-state index contributed by atoms with van der Waals surface area (Å²) < 4.78 is 10.6. The monoisotopic (exact) mass is 392 g/mol. The lowest BCUT2D eigenvalue weighted by Gasteiger charge is -2.32. The molecule has 7 nitrogen and oxygen atoms in total. The van der Waals surface area contributed by atoms with Crippen molar-refractivity contribution in [2.24, 2.45) is 0 Å². The Balaban J connectivity index is 1.45. The molecule has 3 aromatic rings. The number of nitrogens with zero attached hydrogens (tertiary/aromatic N) is 4. The van der Waals surface area contributed by atoms with Gasteiger partial charge in [-0.3, -0.25) is 9.78 Å². The largest absolute Gasteiger partial charge is 0.368 e.